The Labute approximate surface area is 144 Å². The van der Waals surface area contributed by atoms with Crippen LogP contribution in [-0.2, 0) is 4.74 Å². The molecule has 25 heavy (non-hydrogen) atoms. The highest BCUT2D eigenvalue weighted by Gasteiger charge is 2.14. The highest BCUT2D eigenvalue weighted by atomic mass is 16.6. The van der Waals surface area contributed by atoms with Gasteiger partial charge in [0.1, 0.15) is 13.2 Å². The smallest absolute Gasteiger partial charge is 0.411 e. The summed E-state index contributed by atoms with van der Waals surface area (Å²) < 4.78 is 15.8. The first kappa shape index (κ1) is 16.6. The molecule has 2 aromatic rings. The minimum absolute atomic E-state index is 0.274. The van der Waals surface area contributed by atoms with E-state index in [-0.39, 0.29) is 12.5 Å². The molecular weight excluding hydrogens is 324 g/mol. The number of anilines is 2. The van der Waals surface area contributed by atoms with E-state index in [0.717, 1.165) is 0 Å². The molecule has 0 aliphatic carbocycles. The van der Waals surface area contributed by atoms with Crippen LogP contribution in [-0.4, -0.2) is 31.8 Å². The van der Waals surface area contributed by atoms with Crippen molar-refractivity contribution in [1.29, 1.82) is 0 Å². The van der Waals surface area contributed by atoms with Gasteiger partial charge in [-0.25, -0.2) is 4.79 Å². The maximum absolute atomic E-state index is 12.4. The maximum Gasteiger partial charge on any atom is 0.411 e. The van der Waals surface area contributed by atoms with Gasteiger partial charge in [-0.2, -0.15) is 0 Å². The Balaban J connectivity index is 1.70. The van der Waals surface area contributed by atoms with Gasteiger partial charge in [0.15, 0.2) is 11.5 Å². The third-order valence-electron chi connectivity index (χ3n) is 3.45. The van der Waals surface area contributed by atoms with Crippen LogP contribution >= 0.6 is 0 Å². The van der Waals surface area contributed by atoms with Crippen molar-refractivity contribution in [1.82, 2.24) is 0 Å². The van der Waals surface area contributed by atoms with Crippen molar-refractivity contribution >= 4 is 23.4 Å². The fourth-order valence-corrected chi connectivity index (χ4v) is 2.35. The van der Waals surface area contributed by atoms with Gasteiger partial charge in [0.2, 0.25) is 0 Å². The van der Waals surface area contributed by atoms with E-state index in [0.29, 0.717) is 41.7 Å². The fraction of sp³-hybridized carbons (Fsp3) is 0.222. The first-order valence-corrected chi connectivity index (χ1v) is 7.90. The number of amides is 2. The zero-order valence-electron chi connectivity index (χ0n) is 13.7. The summed E-state index contributed by atoms with van der Waals surface area (Å²) in [5.41, 5.74) is 1.48. The Morgan fingerprint density at radius 2 is 1.76 bits per heavy atom. The van der Waals surface area contributed by atoms with Crippen LogP contribution in [0.5, 0.6) is 11.5 Å². The third kappa shape index (κ3) is 4.20. The van der Waals surface area contributed by atoms with Gasteiger partial charge in [-0.15, -0.1) is 0 Å². The lowest BCUT2D eigenvalue weighted by Crippen LogP contribution is -2.17. The van der Waals surface area contributed by atoms with Crippen LogP contribution in [0.4, 0.5) is 16.2 Å². The van der Waals surface area contributed by atoms with Gasteiger partial charge in [0.25, 0.3) is 5.91 Å². The summed E-state index contributed by atoms with van der Waals surface area (Å²) in [4.78, 5) is 23.9. The number of hydrogen-bond acceptors (Lipinski definition) is 5. The van der Waals surface area contributed by atoms with E-state index in [2.05, 4.69) is 10.6 Å². The number of carbonyl (C=O) groups excluding carboxylic acids is 2. The molecule has 7 heteroatoms. The van der Waals surface area contributed by atoms with E-state index in [1.54, 1.807) is 49.4 Å². The molecule has 1 heterocycles. The van der Waals surface area contributed by atoms with E-state index < -0.39 is 6.09 Å². The van der Waals surface area contributed by atoms with Crippen molar-refractivity contribution in [2.45, 2.75) is 6.92 Å². The van der Waals surface area contributed by atoms with Gasteiger partial charge in [-0.1, -0.05) is 6.07 Å². The molecule has 1 aliphatic rings. The summed E-state index contributed by atoms with van der Waals surface area (Å²) in [5.74, 6) is 0.954. The Bertz CT molecular complexity index is 791. The van der Waals surface area contributed by atoms with Crippen molar-refractivity contribution < 1.29 is 23.8 Å². The van der Waals surface area contributed by atoms with Gasteiger partial charge in [0, 0.05) is 23.0 Å². The molecule has 0 unspecified atom stereocenters. The molecular formula is C18H18N2O5. The molecule has 0 atom stereocenters. The molecule has 3 rings (SSSR count). The predicted molar refractivity (Wildman–Crippen MR) is 92.5 cm³/mol. The first-order valence-electron chi connectivity index (χ1n) is 7.90. The largest absolute Gasteiger partial charge is 0.486 e. The molecule has 2 N–H and O–H groups in total. The zero-order chi connectivity index (χ0) is 17.6. The number of hydrogen-bond donors (Lipinski definition) is 2. The summed E-state index contributed by atoms with van der Waals surface area (Å²) in [5, 5.41) is 5.36. The average Bonchev–Trinajstić information content (AvgIpc) is 2.62. The predicted octanol–water partition coefficient (Wildman–Crippen LogP) is 3.28. The summed E-state index contributed by atoms with van der Waals surface area (Å²) >= 11 is 0. The Hall–Kier alpha value is -3.22. The van der Waals surface area contributed by atoms with Crippen molar-refractivity contribution in [3.63, 3.8) is 0 Å². The average molecular weight is 342 g/mol. The first-order chi connectivity index (χ1) is 12.2. The molecule has 0 aromatic heterocycles. The second kappa shape index (κ2) is 7.57. The van der Waals surface area contributed by atoms with E-state index in [1.807, 2.05) is 0 Å². The highest BCUT2D eigenvalue weighted by Crippen LogP contribution is 2.32. The number of rotatable bonds is 4. The molecule has 1 aliphatic heterocycles. The van der Waals surface area contributed by atoms with Crippen LogP contribution in [0.3, 0.4) is 0 Å². The summed E-state index contributed by atoms with van der Waals surface area (Å²) in [6, 6.07) is 11.8. The number of fused-ring (bicyclic) bond motifs is 1. The second-order valence-corrected chi connectivity index (χ2v) is 5.24. The van der Waals surface area contributed by atoms with Crippen LogP contribution in [0.2, 0.25) is 0 Å². The van der Waals surface area contributed by atoms with Crippen LogP contribution in [0.15, 0.2) is 42.5 Å². The summed E-state index contributed by atoms with van der Waals surface area (Å²) in [7, 11) is 0. The maximum atomic E-state index is 12.4. The molecule has 7 nitrogen and oxygen atoms in total. The van der Waals surface area contributed by atoms with Crippen molar-refractivity contribution in [2.75, 3.05) is 30.5 Å². The van der Waals surface area contributed by atoms with Crippen LogP contribution in [0, 0.1) is 0 Å². The number of benzene rings is 2. The van der Waals surface area contributed by atoms with Gasteiger partial charge < -0.3 is 19.5 Å². The summed E-state index contributed by atoms with van der Waals surface area (Å²) in [6.45, 7) is 2.98. The lowest BCUT2D eigenvalue weighted by Gasteiger charge is -2.19. The van der Waals surface area contributed by atoms with Crippen molar-refractivity contribution in [2.24, 2.45) is 0 Å². The van der Waals surface area contributed by atoms with Gasteiger partial charge >= 0.3 is 6.09 Å². The lowest BCUT2D eigenvalue weighted by atomic mass is 10.1. The van der Waals surface area contributed by atoms with E-state index >= 15 is 0 Å². The number of nitrogens with one attached hydrogen (secondary N) is 2. The SMILES string of the molecule is CCOC(=O)Nc1cccc(C(=O)Nc2ccc3c(c2)OCCO3)c1. The fourth-order valence-electron chi connectivity index (χ4n) is 2.35. The van der Waals surface area contributed by atoms with Gasteiger partial charge in [-0.3, -0.25) is 10.1 Å². The topological polar surface area (TPSA) is 85.9 Å². The third-order valence-corrected chi connectivity index (χ3v) is 3.45. The molecule has 0 fully saturated rings. The molecule has 130 valence electrons. The normalized spacial score (nSPS) is 12.2. The molecule has 0 spiro atoms. The van der Waals surface area contributed by atoms with Crippen molar-refractivity contribution in [3.05, 3.63) is 48.0 Å². The lowest BCUT2D eigenvalue weighted by molar-refractivity contribution is 0.102. The second-order valence-electron chi connectivity index (χ2n) is 5.24. The van der Waals surface area contributed by atoms with Crippen LogP contribution < -0.4 is 20.1 Å². The quantitative estimate of drug-likeness (QED) is 0.890. The minimum atomic E-state index is -0.563. The van der Waals surface area contributed by atoms with E-state index in [1.165, 1.54) is 0 Å². The Morgan fingerprint density at radius 3 is 2.56 bits per heavy atom. The number of ether oxygens (including phenoxy) is 3. The zero-order valence-corrected chi connectivity index (χ0v) is 13.7. The molecule has 2 amide bonds. The highest BCUT2D eigenvalue weighted by molar-refractivity contribution is 6.05. The molecule has 0 saturated carbocycles. The van der Waals surface area contributed by atoms with E-state index in [4.69, 9.17) is 14.2 Å². The van der Waals surface area contributed by atoms with Gasteiger partial charge in [-0.05, 0) is 37.3 Å². The van der Waals surface area contributed by atoms with Crippen LogP contribution in [0.1, 0.15) is 17.3 Å². The summed E-state index contributed by atoms with van der Waals surface area (Å²) in [6.07, 6.45) is -0.563. The monoisotopic (exact) mass is 342 g/mol. The van der Waals surface area contributed by atoms with E-state index in [9.17, 15) is 9.59 Å². The Morgan fingerprint density at radius 1 is 1.00 bits per heavy atom. The Kier molecular flexibility index (Phi) is 5.03. The minimum Gasteiger partial charge on any atom is -0.486 e. The van der Waals surface area contributed by atoms with Crippen LogP contribution in [0.25, 0.3) is 0 Å². The van der Waals surface area contributed by atoms with Gasteiger partial charge in [0.05, 0.1) is 6.61 Å². The molecule has 0 saturated heterocycles. The molecule has 0 radical (unpaired) electrons. The standard InChI is InChI=1S/C18H18N2O5/c1-2-23-18(22)20-13-5-3-4-12(10-13)17(21)19-14-6-7-15-16(11-14)25-9-8-24-15/h3-7,10-11H,2,8-9H2,1H3,(H,19,21)(H,20,22). The molecule has 0 bridgehead atoms. The van der Waals surface area contributed by atoms with Crippen molar-refractivity contribution in [3.8, 4) is 11.5 Å². The molecule has 2 aromatic carbocycles. The number of carbonyl (C=O) groups is 2.